The van der Waals surface area contributed by atoms with E-state index >= 15 is 0 Å². The van der Waals surface area contributed by atoms with Crippen molar-refractivity contribution in [3.8, 4) is 6.07 Å². The summed E-state index contributed by atoms with van der Waals surface area (Å²) < 4.78 is 1.99. The molecule has 0 saturated carbocycles. The van der Waals surface area contributed by atoms with Gasteiger partial charge in [0.1, 0.15) is 11.9 Å². The molecule has 0 saturated heterocycles. The van der Waals surface area contributed by atoms with Gasteiger partial charge in [-0.1, -0.05) is 36.4 Å². The van der Waals surface area contributed by atoms with Gasteiger partial charge in [0, 0.05) is 6.54 Å². The molecule has 0 aliphatic carbocycles. The van der Waals surface area contributed by atoms with Crippen molar-refractivity contribution >= 4 is 22.5 Å². The Morgan fingerprint density at radius 1 is 1.12 bits per heavy atom. The summed E-state index contributed by atoms with van der Waals surface area (Å²) >= 11 is 0. The maximum Gasteiger partial charge on any atom is 0.157 e. The average Bonchev–Trinajstić information content (AvgIpc) is 3.05. The summed E-state index contributed by atoms with van der Waals surface area (Å²) in [6.45, 7) is 2.50. The lowest BCUT2D eigenvalue weighted by molar-refractivity contribution is 0.280. The Hall–Kier alpha value is -3.36. The number of hydrogen-bond acceptors (Lipinski definition) is 4. The number of pyridine rings is 1. The number of aryl methyl sites for hydroxylation is 1. The number of fused-ring (bicyclic) bond motifs is 3. The molecule has 2 aromatic carbocycles. The van der Waals surface area contributed by atoms with Crippen LogP contribution in [0.4, 0.5) is 5.82 Å². The van der Waals surface area contributed by atoms with Gasteiger partial charge in [-0.2, -0.15) is 5.26 Å². The third kappa shape index (κ3) is 2.57. The molecule has 0 spiro atoms. The van der Waals surface area contributed by atoms with Gasteiger partial charge in [0.25, 0.3) is 0 Å². The van der Waals surface area contributed by atoms with Gasteiger partial charge in [-0.25, -0.2) is 4.98 Å². The van der Waals surface area contributed by atoms with Crippen LogP contribution in [0, 0.1) is 18.3 Å². The minimum absolute atomic E-state index is 0.00761. The van der Waals surface area contributed by atoms with Crippen LogP contribution in [-0.2, 0) is 13.2 Å². The lowest BCUT2D eigenvalue weighted by Gasteiger charge is -2.14. The van der Waals surface area contributed by atoms with E-state index in [0.717, 1.165) is 33.5 Å². The zero-order valence-corrected chi connectivity index (χ0v) is 14.4. The van der Waals surface area contributed by atoms with Gasteiger partial charge in [0.2, 0.25) is 0 Å². The van der Waals surface area contributed by atoms with Crippen molar-refractivity contribution in [2.75, 3.05) is 5.32 Å². The van der Waals surface area contributed by atoms with Crippen LogP contribution in [-0.4, -0.2) is 14.5 Å². The number of nitrogens with one attached hydrogen (secondary N) is 1. The molecule has 2 N–H and O–H groups in total. The van der Waals surface area contributed by atoms with Crippen molar-refractivity contribution in [3.63, 3.8) is 0 Å². The second-order valence-corrected chi connectivity index (χ2v) is 6.24. The summed E-state index contributed by atoms with van der Waals surface area (Å²) in [6, 6.07) is 19.9. The number of aliphatic hydroxyl groups excluding tert-OH is 1. The summed E-state index contributed by atoms with van der Waals surface area (Å²) in [6.07, 6.45) is 0. The van der Waals surface area contributed by atoms with E-state index in [1.807, 2.05) is 65.9 Å². The van der Waals surface area contributed by atoms with Gasteiger partial charge < -0.3 is 10.4 Å². The fourth-order valence-electron chi connectivity index (χ4n) is 3.29. The van der Waals surface area contributed by atoms with E-state index in [2.05, 4.69) is 16.4 Å². The number of nitrogens with zero attached hydrogens (tertiary/aromatic N) is 3. The van der Waals surface area contributed by atoms with Gasteiger partial charge in [-0.05, 0) is 41.8 Å². The van der Waals surface area contributed by atoms with E-state index in [-0.39, 0.29) is 6.61 Å². The smallest absolute Gasteiger partial charge is 0.157 e. The van der Waals surface area contributed by atoms with Crippen molar-refractivity contribution in [1.82, 2.24) is 9.38 Å². The molecule has 5 nitrogen and oxygen atoms in total. The summed E-state index contributed by atoms with van der Waals surface area (Å²) in [7, 11) is 0. The monoisotopic (exact) mass is 342 g/mol. The first-order chi connectivity index (χ1) is 12.7. The quantitative estimate of drug-likeness (QED) is 0.592. The highest BCUT2D eigenvalue weighted by molar-refractivity contribution is 5.85. The Labute approximate surface area is 151 Å². The summed E-state index contributed by atoms with van der Waals surface area (Å²) in [5.74, 6) is 0.873. The lowest BCUT2D eigenvalue weighted by Crippen LogP contribution is -2.08. The summed E-state index contributed by atoms with van der Waals surface area (Å²) in [5.41, 5.74) is 5.87. The first-order valence-electron chi connectivity index (χ1n) is 8.45. The van der Waals surface area contributed by atoms with Gasteiger partial charge in [0.15, 0.2) is 5.65 Å². The van der Waals surface area contributed by atoms with E-state index in [4.69, 9.17) is 0 Å². The number of para-hydroxylation sites is 2. The molecule has 0 radical (unpaired) electrons. The Morgan fingerprint density at radius 2 is 1.85 bits per heavy atom. The summed E-state index contributed by atoms with van der Waals surface area (Å²) in [5, 5.41) is 22.5. The molecular formula is C21H18N4O. The van der Waals surface area contributed by atoms with Crippen LogP contribution in [0.25, 0.3) is 16.7 Å². The van der Waals surface area contributed by atoms with Gasteiger partial charge in [0.05, 0.1) is 23.2 Å². The Morgan fingerprint density at radius 3 is 2.62 bits per heavy atom. The molecule has 5 heteroatoms. The van der Waals surface area contributed by atoms with Crippen molar-refractivity contribution in [3.05, 3.63) is 76.9 Å². The average molecular weight is 342 g/mol. The fraction of sp³-hybridized carbons (Fsp3) is 0.143. The van der Waals surface area contributed by atoms with Gasteiger partial charge in [-0.3, -0.25) is 4.40 Å². The van der Waals surface area contributed by atoms with Crippen LogP contribution in [0.1, 0.15) is 22.3 Å². The highest BCUT2D eigenvalue weighted by Crippen LogP contribution is 2.27. The maximum absolute atomic E-state index is 9.56. The number of imidazole rings is 1. The molecule has 0 aliphatic heterocycles. The van der Waals surface area contributed by atoms with E-state index in [1.165, 1.54) is 0 Å². The Kier molecular flexibility index (Phi) is 4.04. The van der Waals surface area contributed by atoms with E-state index < -0.39 is 0 Å². The minimum Gasteiger partial charge on any atom is -0.392 e. The second kappa shape index (κ2) is 6.51. The minimum atomic E-state index is 0.00761. The maximum atomic E-state index is 9.56. The van der Waals surface area contributed by atoms with Crippen molar-refractivity contribution in [2.45, 2.75) is 20.1 Å². The number of hydrogen-bond donors (Lipinski definition) is 2. The number of nitriles is 1. The van der Waals surface area contributed by atoms with Crippen LogP contribution >= 0.6 is 0 Å². The molecule has 4 rings (SSSR count). The topological polar surface area (TPSA) is 73.3 Å². The predicted octanol–water partition coefficient (Wildman–Crippen LogP) is 3.77. The second-order valence-electron chi connectivity index (χ2n) is 6.24. The van der Waals surface area contributed by atoms with Crippen molar-refractivity contribution < 1.29 is 5.11 Å². The van der Waals surface area contributed by atoms with Crippen LogP contribution in [0.3, 0.4) is 0 Å². The number of benzene rings is 2. The highest BCUT2D eigenvalue weighted by Gasteiger charge is 2.15. The Bertz CT molecular complexity index is 1150. The standard InChI is InChI=1S/C21H18N4O/c1-14-10-20(23-12-15-6-2-3-7-16(15)13-26)25-19-9-5-4-8-18(19)24-21(25)17(14)11-22/h2-10,23,26H,12-13H2,1H3. The molecule has 128 valence electrons. The molecule has 4 aromatic rings. The molecule has 0 atom stereocenters. The number of aromatic nitrogens is 2. The predicted molar refractivity (Wildman–Crippen MR) is 102 cm³/mol. The zero-order chi connectivity index (χ0) is 18.1. The molecular weight excluding hydrogens is 324 g/mol. The van der Waals surface area contributed by atoms with Crippen molar-refractivity contribution in [1.29, 1.82) is 5.26 Å². The lowest BCUT2D eigenvalue weighted by atomic mass is 10.1. The SMILES string of the molecule is Cc1cc(NCc2ccccc2CO)n2c(nc3ccccc32)c1C#N. The summed E-state index contributed by atoms with van der Waals surface area (Å²) in [4.78, 5) is 4.66. The molecule has 26 heavy (non-hydrogen) atoms. The Balaban J connectivity index is 1.86. The normalized spacial score (nSPS) is 11.0. The zero-order valence-electron chi connectivity index (χ0n) is 14.4. The molecule has 0 fully saturated rings. The molecule has 0 aliphatic rings. The van der Waals surface area contributed by atoms with E-state index in [0.29, 0.717) is 17.8 Å². The van der Waals surface area contributed by atoms with Crippen LogP contribution < -0.4 is 5.32 Å². The number of rotatable bonds is 4. The third-order valence-electron chi connectivity index (χ3n) is 4.63. The first-order valence-corrected chi connectivity index (χ1v) is 8.45. The molecule has 0 unspecified atom stereocenters. The van der Waals surface area contributed by atoms with E-state index in [9.17, 15) is 10.4 Å². The van der Waals surface area contributed by atoms with Crippen molar-refractivity contribution in [2.24, 2.45) is 0 Å². The van der Waals surface area contributed by atoms with Crippen LogP contribution in [0.2, 0.25) is 0 Å². The highest BCUT2D eigenvalue weighted by atomic mass is 16.3. The van der Waals surface area contributed by atoms with E-state index in [1.54, 1.807) is 0 Å². The molecule has 2 heterocycles. The third-order valence-corrected chi connectivity index (χ3v) is 4.63. The number of anilines is 1. The molecule has 0 amide bonds. The fourth-order valence-corrected chi connectivity index (χ4v) is 3.29. The van der Waals surface area contributed by atoms with Crippen LogP contribution in [0.5, 0.6) is 0 Å². The van der Waals surface area contributed by atoms with Gasteiger partial charge in [-0.15, -0.1) is 0 Å². The molecule has 2 aromatic heterocycles. The first kappa shape index (κ1) is 16.1. The van der Waals surface area contributed by atoms with Crippen LogP contribution in [0.15, 0.2) is 54.6 Å². The number of aliphatic hydroxyl groups is 1. The van der Waals surface area contributed by atoms with Gasteiger partial charge >= 0.3 is 0 Å². The molecule has 0 bridgehead atoms. The largest absolute Gasteiger partial charge is 0.392 e.